The second kappa shape index (κ2) is 4.05. The average molecular weight is 194 g/mol. The van der Waals surface area contributed by atoms with E-state index in [4.69, 9.17) is 4.42 Å². The quantitative estimate of drug-likeness (QED) is 0.795. The van der Waals surface area contributed by atoms with Gasteiger partial charge in [0.15, 0.2) is 5.88 Å². The molecular weight excluding hydrogens is 176 g/mol. The zero-order valence-corrected chi connectivity index (χ0v) is 8.92. The van der Waals surface area contributed by atoms with Crippen molar-refractivity contribution in [1.82, 2.24) is 5.32 Å². The Morgan fingerprint density at radius 1 is 1.57 bits per heavy atom. The molecular formula is C11H18N2O. The molecule has 1 aromatic rings. The van der Waals surface area contributed by atoms with Crippen LogP contribution in [0.2, 0.25) is 0 Å². The van der Waals surface area contributed by atoms with E-state index in [2.05, 4.69) is 17.3 Å². The summed E-state index contributed by atoms with van der Waals surface area (Å²) < 4.78 is 5.55. The van der Waals surface area contributed by atoms with Crippen LogP contribution in [0.25, 0.3) is 0 Å². The molecule has 2 heterocycles. The number of hydrogen-bond donors (Lipinski definition) is 1. The Kier molecular flexibility index (Phi) is 2.77. The van der Waals surface area contributed by atoms with Gasteiger partial charge in [-0.05, 0) is 32.4 Å². The largest absolute Gasteiger partial charge is 0.446 e. The summed E-state index contributed by atoms with van der Waals surface area (Å²) >= 11 is 0. The molecule has 1 atom stereocenters. The zero-order valence-electron chi connectivity index (χ0n) is 8.92. The summed E-state index contributed by atoms with van der Waals surface area (Å²) in [6.45, 7) is 4.17. The molecule has 1 unspecified atom stereocenters. The molecule has 14 heavy (non-hydrogen) atoms. The van der Waals surface area contributed by atoms with Crippen molar-refractivity contribution in [3.8, 4) is 0 Å². The van der Waals surface area contributed by atoms with Crippen LogP contribution in [0.15, 0.2) is 16.5 Å². The molecule has 0 amide bonds. The zero-order chi connectivity index (χ0) is 9.97. The molecule has 1 aliphatic heterocycles. The molecule has 0 spiro atoms. The van der Waals surface area contributed by atoms with E-state index < -0.39 is 0 Å². The van der Waals surface area contributed by atoms with Gasteiger partial charge in [-0.3, -0.25) is 0 Å². The Balaban J connectivity index is 1.91. The minimum atomic E-state index is 0.630. The molecule has 3 heteroatoms. The smallest absolute Gasteiger partial charge is 0.195 e. The fraction of sp³-hybridized carbons (Fsp3) is 0.636. The standard InChI is InChI=1S/C11H18N2O/c1-9-5-6-11(14-9)13(2)8-10-4-3-7-12-10/h5-6,10,12H,3-4,7-8H2,1-2H3. The van der Waals surface area contributed by atoms with Crippen molar-refractivity contribution >= 4 is 5.88 Å². The Morgan fingerprint density at radius 3 is 3.00 bits per heavy atom. The molecule has 78 valence electrons. The molecule has 0 aromatic carbocycles. The number of rotatable bonds is 3. The van der Waals surface area contributed by atoms with Crippen LogP contribution in [-0.2, 0) is 0 Å². The highest BCUT2D eigenvalue weighted by Gasteiger charge is 2.17. The molecule has 0 radical (unpaired) electrons. The summed E-state index contributed by atoms with van der Waals surface area (Å²) in [6.07, 6.45) is 2.58. The third kappa shape index (κ3) is 2.10. The minimum absolute atomic E-state index is 0.630. The summed E-state index contributed by atoms with van der Waals surface area (Å²) in [7, 11) is 2.08. The lowest BCUT2D eigenvalue weighted by Crippen LogP contribution is -2.35. The molecule has 3 nitrogen and oxygen atoms in total. The number of furan rings is 1. The van der Waals surface area contributed by atoms with Crippen LogP contribution in [0.3, 0.4) is 0 Å². The fourth-order valence-corrected chi connectivity index (χ4v) is 1.96. The van der Waals surface area contributed by atoms with Crippen LogP contribution >= 0.6 is 0 Å². The van der Waals surface area contributed by atoms with Gasteiger partial charge in [-0.15, -0.1) is 0 Å². The highest BCUT2D eigenvalue weighted by atomic mass is 16.4. The number of likely N-dealkylation sites (N-methyl/N-ethyl adjacent to an activating group) is 1. The van der Waals surface area contributed by atoms with Gasteiger partial charge in [0.05, 0.1) is 0 Å². The van der Waals surface area contributed by atoms with Crippen LogP contribution in [-0.4, -0.2) is 26.2 Å². The Bertz CT molecular complexity index is 289. The van der Waals surface area contributed by atoms with Crippen molar-refractivity contribution in [3.05, 3.63) is 17.9 Å². The van der Waals surface area contributed by atoms with Crippen molar-refractivity contribution in [2.75, 3.05) is 25.0 Å². The predicted molar refractivity (Wildman–Crippen MR) is 57.7 cm³/mol. The lowest BCUT2D eigenvalue weighted by Gasteiger charge is -2.20. The third-order valence-corrected chi connectivity index (χ3v) is 2.76. The second-order valence-corrected chi connectivity index (χ2v) is 4.06. The average Bonchev–Trinajstić information content (AvgIpc) is 2.75. The lowest BCUT2D eigenvalue weighted by atomic mass is 10.2. The molecule has 1 N–H and O–H groups in total. The van der Waals surface area contributed by atoms with Crippen LogP contribution in [0.5, 0.6) is 0 Å². The first kappa shape index (κ1) is 9.59. The van der Waals surface area contributed by atoms with Crippen LogP contribution in [0.1, 0.15) is 18.6 Å². The molecule has 0 bridgehead atoms. The van der Waals surface area contributed by atoms with E-state index in [0.29, 0.717) is 6.04 Å². The molecule has 1 aromatic heterocycles. The normalized spacial score (nSPS) is 21.4. The maximum atomic E-state index is 5.55. The number of nitrogens with one attached hydrogen (secondary N) is 1. The van der Waals surface area contributed by atoms with Gasteiger partial charge in [-0.25, -0.2) is 0 Å². The highest BCUT2D eigenvalue weighted by molar-refractivity contribution is 5.35. The first-order valence-corrected chi connectivity index (χ1v) is 5.26. The van der Waals surface area contributed by atoms with Gasteiger partial charge >= 0.3 is 0 Å². The van der Waals surface area contributed by atoms with Crippen molar-refractivity contribution in [2.24, 2.45) is 0 Å². The minimum Gasteiger partial charge on any atom is -0.446 e. The van der Waals surface area contributed by atoms with Gasteiger partial charge in [-0.2, -0.15) is 0 Å². The van der Waals surface area contributed by atoms with Crippen LogP contribution in [0.4, 0.5) is 5.88 Å². The SMILES string of the molecule is Cc1ccc(N(C)CC2CCCN2)o1. The maximum absolute atomic E-state index is 5.55. The Hall–Kier alpha value is -0.960. The second-order valence-electron chi connectivity index (χ2n) is 4.06. The summed E-state index contributed by atoms with van der Waals surface area (Å²) in [5.74, 6) is 1.95. The summed E-state index contributed by atoms with van der Waals surface area (Å²) in [5.41, 5.74) is 0. The summed E-state index contributed by atoms with van der Waals surface area (Å²) in [4.78, 5) is 2.18. The van der Waals surface area contributed by atoms with Gasteiger partial charge in [0, 0.05) is 25.7 Å². The van der Waals surface area contributed by atoms with Gasteiger partial charge in [0.1, 0.15) is 5.76 Å². The summed E-state index contributed by atoms with van der Waals surface area (Å²) in [5, 5.41) is 3.48. The van der Waals surface area contributed by atoms with E-state index >= 15 is 0 Å². The number of hydrogen-bond acceptors (Lipinski definition) is 3. The van der Waals surface area contributed by atoms with Crippen LogP contribution < -0.4 is 10.2 Å². The number of anilines is 1. The molecule has 1 aliphatic rings. The number of nitrogens with zero attached hydrogens (tertiary/aromatic N) is 1. The van der Waals surface area contributed by atoms with E-state index in [1.807, 2.05) is 19.1 Å². The molecule has 0 saturated carbocycles. The van der Waals surface area contributed by atoms with Gasteiger partial charge in [0.2, 0.25) is 0 Å². The van der Waals surface area contributed by atoms with Crippen molar-refractivity contribution in [1.29, 1.82) is 0 Å². The number of aryl methyl sites for hydroxylation is 1. The van der Waals surface area contributed by atoms with E-state index in [9.17, 15) is 0 Å². The highest BCUT2D eigenvalue weighted by Crippen LogP contribution is 2.17. The first-order chi connectivity index (χ1) is 6.75. The Labute approximate surface area is 85.1 Å². The molecule has 1 saturated heterocycles. The Morgan fingerprint density at radius 2 is 2.43 bits per heavy atom. The topological polar surface area (TPSA) is 28.4 Å². The monoisotopic (exact) mass is 194 g/mol. The van der Waals surface area contributed by atoms with E-state index in [1.54, 1.807) is 0 Å². The van der Waals surface area contributed by atoms with Gasteiger partial charge in [-0.1, -0.05) is 0 Å². The van der Waals surface area contributed by atoms with Crippen molar-refractivity contribution in [3.63, 3.8) is 0 Å². The van der Waals surface area contributed by atoms with Crippen molar-refractivity contribution in [2.45, 2.75) is 25.8 Å². The molecule has 2 rings (SSSR count). The predicted octanol–water partition coefficient (Wildman–Crippen LogP) is 1.78. The summed E-state index contributed by atoms with van der Waals surface area (Å²) in [6, 6.07) is 4.67. The van der Waals surface area contributed by atoms with Crippen LogP contribution in [0, 0.1) is 6.92 Å². The van der Waals surface area contributed by atoms with Crippen molar-refractivity contribution < 1.29 is 4.42 Å². The fourth-order valence-electron chi connectivity index (χ4n) is 1.96. The van der Waals surface area contributed by atoms with Gasteiger partial charge < -0.3 is 14.6 Å². The van der Waals surface area contributed by atoms with E-state index in [-0.39, 0.29) is 0 Å². The third-order valence-electron chi connectivity index (χ3n) is 2.76. The molecule has 1 fully saturated rings. The molecule has 0 aliphatic carbocycles. The lowest BCUT2D eigenvalue weighted by molar-refractivity contribution is 0.508. The van der Waals surface area contributed by atoms with E-state index in [1.165, 1.54) is 12.8 Å². The van der Waals surface area contributed by atoms with Gasteiger partial charge in [0.25, 0.3) is 0 Å². The maximum Gasteiger partial charge on any atom is 0.195 e. The van der Waals surface area contributed by atoms with E-state index in [0.717, 1.165) is 24.7 Å². The first-order valence-electron chi connectivity index (χ1n) is 5.26.